The molecule has 0 aliphatic carbocycles. The molecule has 0 radical (unpaired) electrons. The summed E-state index contributed by atoms with van der Waals surface area (Å²) >= 11 is 0. The first kappa shape index (κ1) is 15.0. The number of ether oxygens (including phenoxy) is 1. The molecule has 0 spiro atoms. The number of imidazole rings is 2. The van der Waals surface area contributed by atoms with Crippen LogP contribution in [-0.2, 0) is 11.3 Å². The fraction of sp³-hybridized carbons (Fsp3) is 0.294. The van der Waals surface area contributed by atoms with Crippen LogP contribution in [0.2, 0.25) is 0 Å². The van der Waals surface area contributed by atoms with E-state index in [0.717, 1.165) is 35.9 Å². The Morgan fingerprint density at radius 3 is 3.12 bits per heavy atom. The van der Waals surface area contributed by atoms with Crippen molar-refractivity contribution in [3.8, 4) is 11.3 Å². The van der Waals surface area contributed by atoms with Gasteiger partial charge in [-0.1, -0.05) is 12.1 Å². The molecule has 0 amide bonds. The highest BCUT2D eigenvalue weighted by molar-refractivity contribution is 5.58. The van der Waals surface area contributed by atoms with Gasteiger partial charge in [-0.3, -0.25) is 4.90 Å². The van der Waals surface area contributed by atoms with Gasteiger partial charge in [-0.05, 0) is 12.1 Å². The molecule has 1 unspecified atom stereocenters. The van der Waals surface area contributed by atoms with Crippen LogP contribution < -0.4 is 0 Å². The van der Waals surface area contributed by atoms with Gasteiger partial charge in [-0.2, -0.15) is 0 Å². The van der Waals surface area contributed by atoms with Crippen molar-refractivity contribution in [1.82, 2.24) is 24.8 Å². The first-order valence-electron chi connectivity index (χ1n) is 7.89. The van der Waals surface area contributed by atoms with Crippen LogP contribution in [0.25, 0.3) is 11.3 Å². The third kappa shape index (κ3) is 3.08. The van der Waals surface area contributed by atoms with E-state index in [9.17, 15) is 4.39 Å². The summed E-state index contributed by atoms with van der Waals surface area (Å²) in [6.45, 7) is 2.84. The van der Waals surface area contributed by atoms with Crippen LogP contribution in [0.3, 0.4) is 0 Å². The molecule has 1 aliphatic heterocycles. The number of nitrogens with zero attached hydrogens (tertiary/aromatic N) is 3. The minimum atomic E-state index is -0.259. The van der Waals surface area contributed by atoms with Crippen LogP contribution in [0.1, 0.15) is 17.6 Å². The summed E-state index contributed by atoms with van der Waals surface area (Å²) in [4.78, 5) is 17.3. The van der Waals surface area contributed by atoms with Crippen molar-refractivity contribution in [3.63, 3.8) is 0 Å². The molecule has 1 fully saturated rings. The number of aromatic nitrogens is 4. The Morgan fingerprint density at radius 2 is 2.29 bits per heavy atom. The smallest absolute Gasteiger partial charge is 0.126 e. The third-order valence-corrected chi connectivity index (χ3v) is 4.21. The first-order chi connectivity index (χ1) is 11.8. The minimum absolute atomic E-state index is 0.0318. The number of rotatable bonds is 4. The Balaban J connectivity index is 1.57. The predicted molar refractivity (Wildman–Crippen MR) is 86.5 cm³/mol. The number of hydrogen-bond acceptors (Lipinski definition) is 4. The van der Waals surface area contributed by atoms with Crippen LogP contribution >= 0.6 is 0 Å². The van der Waals surface area contributed by atoms with E-state index < -0.39 is 0 Å². The lowest BCUT2D eigenvalue weighted by Gasteiger charge is -2.33. The largest absolute Gasteiger partial charge is 0.378 e. The van der Waals surface area contributed by atoms with Gasteiger partial charge >= 0.3 is 0 Å². The first-order valence-corrected chi connectivity index (χ1v) is 7.89. The summed E-state index contributed by atoms with van der Waals surface area (Å²) in [5.41, 5.74) is 2.64. The van der Waals surface area contributed by atoms with Crippen LogP contribution in [0.15, 0.2) is 43.0 Å². The Bertz CT molecular complexity index is 801. The number of halogens is 1. The van der Waals surface area contributed by atoms with Gasteiger partial charge in [0.05, 0.1) is 37.5 Å². The Hall–Kier alpha value is -2.51. The van der Waals surface area contributed by atoms with Crippen molar-refractivity contribution in [3.05, 3.63) is 60.3 Å². The second-order valence-corrected chi connectivity index (χ2v) is 5.83. The molecule has 124 valence electrons. The second-order valence-electron chi connectivity index (χ2n) is 5.83. The summed E-state index contributed by atoms with van der Waals surface area (Å²) in [5.74, 6) is 0.569. The molecule has 1 aromatic carbocycles. The maximum Gasteiger partial charge on any atom is 0.126 e. The van der Waals surface area contributed by atoms with Crippen molar-refractivity contribution in [2.75, 3.05) is 19.8 Å². The van der Waals surface area contributed by atoms with Gasteiger partial charge in [-0.15, -0.1) is 0 Å². The number of nitrogens with one attached hydrogen (secondary N) is 2. The highest BCUT2D eigenvalue weighted by Crippen LogP contribution is 2.26. The van der Waals surface area contributed by atoms with E-state index in [-0.39, 0.29) is 11.9 Å². The molecule has 1 aliphatic rings. The fourth-order valence-corrected chi connectivity index (χ4v) is 2.98. The molecule has 7 heteroatoms. The van der Waals surface area contributed by atoms with Crippen molar-refractivity contribution < 1.29 is 9.13 Å². The zero-order chi connectivity index (χ0) is 16.4. The Kier molecular flexibility index (Phi) is 4.10. The molecular weight excluding hydrogens is 309 g/mol. The Labute approximate surface area is 138 Å². The van der Waals surface area contributed by atoms with Crippen molar-refractivity contribution in [2.45, 2.75) is 12.6 Å². The number of aromatic amines is 2. The molecule has 3 heterocycles. The number of H-pyrrole nitrogens is 2. The molecule has 2 aromatic heterocycles. The lowest BCUT2D eigenvalue weighted by Crippen LogP contribution is -2.39. The van der Waals surface area contributed by atoms with Crippen LogP contribution in [0, 0.1) is 5.82 Å². The average molecular weight is 327 g/mol. The summed E-state index contributed by atoms with van der Waals surface area (Å²) in [5, 5.41) is 0. The molecule has 2 N–H and O–H groups in total. The molecule has 4 rings (SSSR count). The van der Waals surface area contributed by atoms with Crippen molar-refractivity contribution in [2.24, 2.45) is 0 Å². The summed E-state index contributed by atoms with van der Waals surface area (Å²) in [6.07, 6.45) is 5.25. The zero-order valence-electron chi connectivity index (χ0n) is 13.1. The molecule has 1 atom stereocenters. The number of morpholine rings is 1. The van der Waals surface area contributed by atoms with E-state index in [1.807, 2.05) is 12.3 Å². The highest BCUT2D eigenvalue weighted by atomic mass is 19.1. The standard InChI is InChI=1S/C17H18FN5O/c18-13-3-1-2-12(6-13)15-8-20-17(22-15)16-10-24-5-4-23(16)9-14-7-19-11-21-14/h1-3,6-8,11,16H,4-5,9-10H2,(H,19,21)(H,20,22). The van der Waals surface area contributed by atoms with E-state index in [1.54, 1.807) is 18.6 Å². The lowest BCUT2D eigenvalue weighted by molar-refractivity contribution is -0.0161. The van der Waals surface area contributed by atoms with Gasteiger partial charge in [0.15, 0.2) is 0 Å². The normalized spacial score (nSPS) is 18.8. The van der Waals surface area contributed by atoms with Gasteiger partial charge in [0, 0.05) is 30.5 Å². The fourth-order valence-electron chi connectivity index (χ4n) is 2.98. The van der Waals surface area contributed by atoms with E-state index in [0.29, 0.717) is 13.2 Å². The molecule has 6 nitrogen and oxygen atoms in total. The molecule has 0 bridgehead atoms. The molecule has 24 heavy (non-hydrogen) atoms. The molecule has 1 saturated heterocycles. The zero-order valence-corrected chi connectivity index (χ0v) is 13.1. The SMILES string of the molecule is Fc1cccc(-c2cnc(C3COCCN3Cc3cnc[nH]3)[nH]2)c1. The van der Waals surface area contributed by atoms with Gasteiger partial charge in [-0.25, -0.2) is 14.4 Å². The lowest BCUT2D eigenvalue weighted by atomic mass is 10.1. The highest BCUT2D eigenvalue weighted by Gasteiger charge is 2.27. The topological polar surface area (TPSA) is 69.8 Å². The number of hydrogen-bond donors (Lipinski definition) is 2. The molecular formula is C17H18FN5O. The van der Waals surface area contributed by atoms with Gasteiger partial charge in [0.1, 0.15) is 11.6 Å². The van der Waals surface area contributed by atoms with Gasteiger partial charge in [0.25, 0.3) is 0 Å². The average Bonchev–Trinajstić information content (AvgIpc) is 3.27. The van der Waals surface area contributed by atoms with Crippen LogP contribution in [0.5, 0.6) is 0 Å². The predicted octanol–water partition coefficient (Wildman–Crippen LogP) is 2.51. The molecule has 3 aromatic rings. The minimum Gasteiger partial charge on any atom is -0.378 e. The number of benzene rings is 1. The Morgan fingerprint density at radius 1 is 1.33 bits per heavy atom. The maximum atomic E-state index is 13.4. The van der Waals surface area contributed by atoms with Crippen LogP contribution in [0.4, 0.5) is 4.39 Å². The monoisotopic (exact) mass is 327 g/mol. The molecule has 0 saturated carbocycles. The van der Waals surface area contributed by atoms with Crippen molar-refractivity contribution in [1.29, 1.82) is 0 Å². The maximum absolute atomic E-state index is 13.4. The van der Waals surface area contributed by atoms with Crippen LogP contribution in [-0.4, -0.2) is 44.6 Å². The van der Waals surface area contributed by atoms with Gasteiger partial charge < -0.3 is 14.7 Å². The van der Waals surface area contributed by atoms with E-state index in [4.69, 9.17) is 4.74 Å². The van der Waals surface area contributed by atoms with E-state index in [1.165, 1.54) is 12.1 Å². The summed E-state index contributed by atoms with van der Waals surface area (Å²) < 4.78 is 19.0. The second kappa shape index (κ2) is 6.54. The van der Waals surface area contributed by atoms with E-state index >= 15 is 0 Å². The summed E-state index contributed by atoms with van der Waals surface area (Å²) in [7, 11) is 0. The van der Waals surface area contributed by atoms with Crippen molar-refractivity contribution >= 4 is 0 Å². The van der Waals surface area contributed by atoms with E-state index in [2.05, 4.69) is 24.8 Å². The quantitative estimate of drug-likeness (QED) is 0.772. The third-order valence-electron chi connectivity index (χ3n) is 4.21. The van der Waals surface area contributed by atoms with Gasteiger partial charge in [0.2, 0.25) is 0 Å². The summed E-state index contributed by atoms with van der Waals surface area (Å²) in [6, 6.07) is 6.52.